The van der Waals surface area contributed by atoms with Crippen LogP contribution in [0.4, 0.5) is 0 Å². The second-order valence-electron chi connectivity index (χ2n) is 5.79. The molecule has 1 aromatic heterocycles. The van der Waals surface area contributed by atoms with E-state index in [0.29, 0.717) is 12.3 Å². The van der Waals surface area contributed by atoms with Crippen LogP contribution in [-0.4, -0.2) is 21.7 Å². The standard InChI is InChI=1S/C16H20N2O2.C2H6/c1-9-13(8-14(17)16(19)20)12-5-3-4-11(10-6-7-10)15(12)18(9)2;1-2/h3-5,10,14H,6-8,17H2,1-2H3,(H,19,20);1-2H3. The lowest BCUT2D eigenvalue weighted by Gasteiger charge is -2.07. The van der Waals surface area contributed by atoms with Crippen LogP contribution in [0.15, 0.2) is 18.2 Å². The average Bonchev–Trinajstić information content (AvgIpc) is 3.33. The van der Waals surface area contributed by atoms with Gasteiger partial charge in [0.25, 0.3) is 0 Å². The Kier molecular flexibility index (Phi) is 4.91. The van der Waals surface area contributed by atoms with E-state index in [-0.39, 0.29) is 0 Å². The molecule has 1 aliphatic rings. The van der Waals surface area contributed by atoms with E-state index in [1.165, 1.54) is 23.9 Å². The number of rotatable bonds is 4. The van der Waals surface area contributed by atoms with Crippen molar-refractivity contribution < 1.29 is 9.90 Å². The van der Waals surface area contributed by atoms with Gasteiger partial charge in [-0.15, -0.1) is 0 Å². The summed E-state index contributed by atoms with van der Waals surface area (Å²) in [5.74, 6) is -0.271. The first kappa shape index (κ1) is 16.6. The van der Waals surface area contributed by atoms with Gasteiger partial charge >= 0.3 is 5.97 Å². The minimum Gasteiger partial charge on any atom is -0.480 e. The molecule has 3 rings (SSSR count). The predicted molar refractivity (Wildman–Crippen MR) is 90.3 cm³/mol. The Labute approximate surface area is 131 Å². The van der Waals surface area contributed by atoms with Crippen molar-refractivity contribution in [1.29, 1.82) is 0 Å². The zero-order valence-corrected chi connectivity index (χ0v) is 13.9. The van der Waals surface area contributed by atoms with E-state index < -0.39 is 12.0 Å². The van der Waals surface area contributed by atoms with Crippen molar-refractivity contribution in [3.63, 3.8) is 0 Å². The number of para-hydroxylation sites is 1. The maximum absolute atomic E-state index is 11.0. The summed E-state index contributed by atoms with van der Waals surface area (Å²) in [6.45, 7) is 6.04. The van der Waals surface area contributed by atoms with Gasteiger partial charge in [-0.2, -0.15) is 0 Å². The van der Waals surface area contributed by atoms with Gasteiger partial charge in [0.15, 0.2) is 0 Å². The molecule has 1 aliphatic carbocycles. The molecule has 1 atom stereocenters. The fourth-order valence-electron chi connectivity index (χ4n) is 3.03. The quantitative estimate of drug-likeness (QED) is 0.910. The molecule has 0 bridgehead atoms. The van der Waals surface area contributed by atoms with Gasteiger partial charge in [0.05, 0.1) is 5.52 Å². The molecular formula is C18H26N2O2. The second-order valence-corrected chi connectivity index (χ2v) is 5.79. The maximum atomic E-state index is 11.0. The van der Waals surface area contributed by atoms with E-state index >= 15 is 0 Å². The average molecular weight is 302 g/mol. The molecule has 0 amide bonds. The predicted octanol–water partition coefficient (Wildman–Crippen LogP) is 3.34. The van der Waals surface area contributed by atoms with E-state index in [9.17, 15) is 4.79 Å². The zero-order chi connectivity index (χ0) is 16.4. The highest BCUT2D eigenvalue weighted by Gasteiger charge is 2.28. The molecule has 0 saturated heterocycles. The highest BCUT2D eigenvalue weighted by atomic mass is 16.4. The van der Waals surface area contributed by atoms with Crippen molar-refractivity contribution >= 4 is 16.9 Å². The number of fused-ring (bicyclic) bond motifs is 1. The first-order valence-electron chi connectivity index (χ1n) is 8.06. The van der Waals surface area contributed by atoms with Crippen LogP contribution < -0.4 is 5.73 Å². The largest absolute Gasteiger partial charge is 0.480 e. The van der Waals surface area contributed by atoms with Gasteiger partial charge in [0.1, 0.15) is 6.04 Å². The topological polar surface area (TPSA) is 68.2 Å². The van der Waals surface area contributed by atoms with Gasteiger partial charge in [0, 0.05) is 24.5 Å². The van der Waals surface area contributed by atoms with Crippen LogP contribution in [0.3, 0.4) is 0 Å². The molecule has 1 heterocycles. The Morgan fingerprint density at radius 3 is 2.59 bits per heavy atom. The van der Waals surface area contributed by atoms with Gasteiger partial charge in [-0.05, 0) is 36.8 Å². The Balaban J connectivity index is 0.000000847. The number of aliphatic carboxylic acids is 1. The highest BCUT2D eigenvalue weighted by molar-refractivity contribution is 5.89. The molecule has 0 aliphatic heterocycles. The summed E-state index contributed by atoms with van der Waals surface area (Å²) < 4.78 is 2.19. The first-order chi connectivity index (χ1) is 10.5. The van der Waals surface area contributed by atoms with E-state index in [4.69, 9.17) is 10.8 Å². The van der Waals surface area contributed by atoms with Gasteiger partial charge in [-0.25, -0.2) is 0 Å². The molecule has 1 saturated carbocycles. The van der Waals surface area contributed by atoms with E-state index in [1.807, 2.05) is 20.8 Å². The van der Waals surface area contributed by atoms with Gasteiger partial charge in [0.2, 0.25) is 0 Å². The van der Waals surface area contributed by atoms with Crippen LogP contribution in [-0.2, 0) is 18.3 Å². The number of aryl methyl sites for hydroxylation is 1. The number of hydrogen-bond donors (Lipinski definition) is 2. The van der Waals surface area contributed by atoms with Crippen LogP contribution in [0.2, 0.25) is 0 Å². The van der Waals surface area contributed by atoms with Gasteiger partial charge in [-0.3, -0.25) is 4.79 Å². The summed E-state index contributed by atoms with van der Waals surface area (Å²) in [5, 5.41) is 10.2. The number of aromatic nitrogens is 1. The normalized spacial score (nSPS) is 15.3. The smallest absolute Gasteiger partial charge is 0.320 e. The molecule has 1 unspecified atom stereocenters. The monoisotopic (exact) mass is 302 g/mol. The van der Waals surface area contributed by atoms with Crippen molar-refractivity contribution in [2.75, 3.05) is 0 Å². The molecule has 2 aromatic rings. The van der Waals surface area contributed by atoms with Crippen molar-refractivity contribution in [3.05, 3.63) is 35.0 Å². The number of carbonyl (C=O) groups is 1. The highest BCUT2D eigenvalue weighted by Crippen LogP contribution is 2.44. The van der Waals surface area contributed by atoms with E-state index in [1.54, 1.807) is 0 Å². The summed E-state index contributed by atoms with van der Waals surface area (Å²) in [5.41, 5.74) is 10.5. The van der Waals surface area contributed by atoms with E-state index in [0.717, 1.165) is 16.6 Å². The first-order valence-corrected chi connectivity index (χ1v) is 8.06. The van der Waals surface area contributed by atoms with Crippen molar-refractivity contribution in [2.45, 2.75) is 52.0 Å². The fourth-order valence-corrected chi connectivity index (χ4v) is 3.03. The maximum Gasteiger partial charge on any atom is 0.320 e. The molecule has 3 N–H and O–H groups in total. The van der Waals surface area contributed by atoms with Crippen LogP contribution >= 0.6 is 0 Å². The Hall–Kier alpha value is -1.81. The summed E-state index contributed by atoms with van der Waals surface area (Å²) in [4.78, 5) is 11.0. The van der Waals surface area contributed by atoms with Gasteiger partial charge < -0.3 is 15.4 Å². The van der Waals surface area contributed by atoms with Crippen LogP contribution in [0.25, 0.3) is 10.9 Å². The molecule has 0 spiro atoms. The Bertz CT molecular complexity index is 684. The molecule has 1 fully saturated rings. The van der Waals surface area contributed by atoms with Crippen molar-refractivity contribution in [3.8, 4) is 0 Å². The summed E-state index contributed by atoms with van der Waals surface area (Å²) in [7, 11) is 2.05. The molecule has 1 aromatic carbocycles. The lowest BCUT2D eigenvalue weighted by molar-refractivity contribution is -0.138. The molecule has 4 heteroatoms. The SMILES string of the molecule is CC.Cc1c(CC(N)C(=O)O)c2cccc(C3CC3)c2n1C. The summed E-state index contributed by atoms with van der Waals surface area (Å²) in [6, 6.07) is 5.51. The van der Waals surface area contributed by atoms with Crippen molar-refractivity contribution in [1.82, 2.24) is 4.57 Å². The number of carboxylic acids is 1. The summed E-state index contributed by atoms with van der Waals surface area (Å²) >= 11 is 0. The molecule has 4 nitrogen and oxygen atoms in total. The van der Waals surface area contributed by atoms with Gasteiger partial charge in [-0.1, -0.05) is 32.0 Å². The third-order valence-corrected chi connectivity index (χ3v) is 4.43. The van der Waals surface area contributed by atoms with Crippen LogP contribution in [0.1, 0.15) is 49.4 Å². The molecule has 120 valence electrons. The third kappa shape index (κ3) is 2.88. The fraction of sp³-hybridized carbons (Fsp3) is 0.500. The Morgan fingerprint density at radius 1 is 1.41 bits per heavy atom. The number of carboxylic acid groups (broad SMARTS) is 1. The van der Waals surface area contributed by atoms with E-state index in [2.05, 4.69) is 29.8 Å². The lowest BCUT2D eigenvalue weighted by atomic mass is 10.0. The summed E-state index contributed by atoms with van der Waals surface area (Å²) in [6.07, 6.45) is 2.90. The lowest BCUT2D eigenvalue weighted by Crippen LogP contribution is -2.32. The third-order valence-electron chi connectivity index (χ3n) is 4.43. The zero-order valence-electron chi connectivity index (χ0n) is 13.9. The minimum atomic E-state index is -0.945. The molecular weight excluding hydrogens is 276 g/mol. The minimum absolute atomic E-state index is 0.382. The molecule has 0 radical (unpaired) electrons. The number of hydrogen-bond acceptors (Lipinski definition) is 2. The molecule has 22 heavy (non-hydrogen) atoms. The number of benzene rings is 1. The number of nitrogens with two attached hydrogens (primary N) is 1. The number of nitrogens with zero attached hydrogens (tertiary/aromatic N) is 1. The van der Waals surface area contributed by atoms with Crippen LogP contribution in [0.5, 0.6) is 0 Å². The van der Waals surface area contributed by atoms with Crippen LogP contribution in [0, 0.1) is 6.92 Å². The Morgan fingerprint density at radius 2 is 2.05 bits per heavy atom. The second kappa shape index (κ2) is 6.53. The van der Waals surface area contributed by atoms with Crippen molar-refractivity contribution in [2.24, 2.45) is 12.8 Å².